The molecular weight excluding hydrogens is 260 g/mol. The molecule has 0 bridgehead atoms. The molecule has 0 fully saturated rings. The molecule has 0 heterocycles. The summed E-state index contributed by atoms with van der Waals surface area (Å²) < 4.78 is 11.6. The van der Waals surface area contributed by atoms with E-state index in [1.807, 2.05) is 0 Å². The molecule has 0 aliphatic rings. The van der Waals surface area contributed by atoms with Gasteiger partial charge >= 0.3 is 73.6 Å². The molecule has 0 aromatic heterocycles. The Labute approximate surface area is 73.8 Å². The SMILES string of the molecule is CCCCC[Te](=O)CC(=O)O. The number of hydrogen-bond acceptors (Lipinski definition) is 2. The Balaban J connectivity index is 3.30. The van der Waals surface area contributed by atoms with E-state index < -0.39 is 25.5 Å². The van der Waals surface area contributed by atoms with E-state index in [2.05, 4.69) is 6.92 Å². The van der Waals surface area contributed by atoms with Gasteiger partial charge < -0.3 is 0 Å². The van der Waals surface area contributed by atoms with Crippen molar-refractivity contribution >= 4 is 25.5 Å². The third-order valence-electron chi connectivity index (χ3n) is 1.26. The third kappa shape index (κ3) is 7.96. The van der Waals surface area contributed by atoms with Gasteiger partial charge in [0.1, 0.15) is 0 Å². The first-order valence-electron chi connectivity index (χ1n) is 3.73. The van der Waals surface area contributed by atoms with Gasteiger partial charge in [0, 0.05) is 0 Å². The van der Waals surface area contributed by atoms with E-state index >= 15 is 0 Å². The minimum atomic E-state index is -2.42. The first-order valence-corrected chi connectivity index (χ1v) is 7.98. The van der Waals surface area contributed by atoms with Crippen molar-refractivity contribution in [3.05, 3.63) is 0 Å². The van der Waals surface area contributed by atoms with Gasteiger partial charge in [0.25, 0.3) is 0 Å². The van der Waals surface area contributed by atoms with Crippen LogP contribution in [0.25, 0.3) is 0 Å². The van der Waals surface area contributed by atoms with Crippen molar-refractivity contribution in [3.8, 4) is 0 Å². The van der Waals surface area contributed by atoms with Gasteiger partial charge in [-0.3, -0.25) is 0 Å². The topological polar surface area (TPSA) is 54.4 Å². The summed E-state index contributed by atoms with van der Waals surface area (Å²) in [6, 6.07) is 0. The van der Waals surface area contributed by atoms with E-state index in [0.717, 1.165) is 19.3 Å². The summed E-state index contributed by atoms with van der Waals surface area (Å²) in [5.41, 5.74) is 0. The third-order valence-corrected chi connectivity index (χ3v) is 5.01. The van der Waals surface area contributed by atoms with Gasteiger partial charge in [-0.1, -0.05) is 0 Å². The molecule has 0 aromatic carbocycles. The molecule has 11 heavy (non-hydrogen) atoms. The van der Waals surface area contributed by atoms with Crippen LogP contribution in [0.1, 0.15) is 26.2 Å². The predicted molar refractivity (Wildman–Crippen MR) is 43.2 cm³/mol. The molecule has 0 amide bonds. The maximum atomic E-state index is 11.0. The molecule has 4 heteroatoms. The van der Waals surface area contributed by atoms with Gasteiger partial charge in [-0.25, -0.2) is 0 Å². The number of hydrogen-bond donors (Lipinski definition) is 1. The van der Waals surface area contributed by atoms with Crippen LogP contribution in [0.2, 0.25) is 8.94 Å². The summed E-state index contributed by atoms with van der Waals surface area (Å²) in [6.45, 7) is 2.07. The molecule has 0 atom stereocenters. The number of carboxylic acids is 1. The van der Waals surface area contributed by atoms with Crippen molar-refractivity contribution in [3.63, 3.8) is 0 Å². The number of unbranched alkanes of at least 4 members (excludes halogenated alkanes) is 2. The number of aliphatic carboxylic acids is 1. The number of rotatable bonds is 6. The van der Waals surface area contributed by atoms with Crippen molar-refractivity contribution in [2.75, 3.05) is 0 Å². The number of carboxylic acid groups (broad SMARTS) is 1. The van der Waals surface area contributed by atoms with Crippen LogP contribution in [-0.4, -0.2) is 30.6 Å². The summed E-state index contributed by atoms with van der Waals surface area (Å²) in [5, 5.41) is 8.28. The molecule has 1 N–H and O–H groups in total. The molecule has 0 aromatic rings. The van der Waals surface area contributed by atoms with E-state index in [1.165, 1.54) is 0 Å². The summed E-state index contributed by atoms with van der Waals surface area (Å²) in [7, 11) is 0. The Morgan fingerprint density at radius 2 is 2.09 bits per heavy atom. The Kier molecular flexibility index (Phi) is 6.79. The van der Waals surface area contributed by atoms with Crippen molar-refractivity contribution in [2.24, 2.45) is 0 Å². The monoisotopic (exact) mass is 276 g/mol. The van der Waals surface area contributed by atoms with Gasteiger partial charge in [0.05, 0.1) is 0 Å². The molecule has 0 spiro atoms. The van der Waals surface area contributed by atoms with E-state index in [0.29, 0.717) is 4.47 Å². The molecule has 66 valence electrons. The van der Waals surface area contributed by atoms with E-state index in [-0.39, 0.29) is 4.47 Å². The Bertz CT molecular complexity index is 145. The quantitative estimate of drug-likeness (QED) is 0.592. The normalized spacial score (nSPS) is 10.4. The van der Waals surface area contributed by atoms with Crippen LogP contribution < -0.4 is 0 Å². The van der Waals surface area contributed by atoms with Crippen LogP contribution >= 0.6 is 0 Å². The molecule has 0 rings (SSSR count). The molecule has 0 unspecified atom stereocenters. The minimum absolute atomic E-state index is 0.0624. The number of carbonyl (C=O) groups is 1. The Morgan fingerprint density at radius 1 is 1.45 bits per heavy atom. The van der Waals surface area contributed by atoms with Crippen LogP contribution in [0.5, 0.6) is 0 Å². The van der Waals surface area contributed by atoms with Gasteiger partial charge in [-0.2, -0.15) is 0 Å². The molecule has 0 saturated carbocycles. The van der Waals surface area contributed by atoms with Gasteiger partial charge in [0.2, 0.25) is 0 Å². The van der Waals surface area contributed by atoms with Crippen molar-refractivity contribution in [2.45, 2.75) is 35.1 Å². The van der Waals surface area contributed by atoms with E-state index in [1.54, 1.807) is 0 Å². The van der Waals surface area contributed by atoms with Gasteiger partial charge in [-0.05, 0) is 0 Å². The summed E-state index contributed by atoms with van der Waals surface area (Å²) >= 11 is -2.42. The zero-order valence-corrected chi connectivity index (χ0v) is 9.04. The van der Waals surface area contributed by atoms with Crippen LogP contribution in [0.15, 0.2) is 0 Å². The fourth-order valence-corrected chi connectivity index (χ4v) is 3.42. The zero-order chi connectivity index (χ0) is 8.69. The molecule has 0 radical (unpaired) electrons. The predicted octanol–water partition coefficient (Wildman–Crippen LogP) is 1.68. The standard InChI is InChI=1S/C7H14O3Te/c1-2-3-4-5-11(10)6-7(8)9/h2-6H2,1H3,(H,8,9). The van der Waals surface area contributed by atoms with Crippen molar-refractivity contribution in [1.82, 2.24) is 0 Å². The first-order chi connectivity index (χ1) is 5.16. The Hall–Kier alpha value is 0.0596. The van der Waals surface area contributed by atoms with Gasteiger partial charge in [-0.15, -0.1) is 0 Å². The fraction of sp³-hybridized carbons (Fsp3) is 0.857. The second-order valence-electron chi connectivity index (χ2n) is 2.39. The molecular formula is C7H14O3Te. The first kappa shape index (κ1) is 11.1. The summed E-state index contributed by atoms with van der Waals surface area (Å²) in [6.07, 6.45) is 3.10. The van der Waals surface area contributed by atoms with Crippen LogP contribution in [0.3, 0.4) is 0 Å². The average Bonchev–Trinajstić information content (AvgIpc) is 1.86. The zero-order valence-electron chi connectivity index (χ0n) is 6.71. The fourth-order valence-electron chi connectivity index (χ4n) is 0.723. The van der Waals surface area contributed by atoms with Crippen molar-refractivity contribution < 1.29 is 13.0 Å². The van der Waals surface area contributed by atoms with E-state index in [9.17, 15) is 7.90 Å². The van der Waals surface area contributed by atoms with Crippen molar-refractivity contribution in [1.29, 1.82) is 0 Å². The van der Waals surface area contributed by atoms with Crippen LogP contribution in [0, 0.1) is 0 Å². The molecule has 0 aliphatic carbocycles. The van der Waals surface area contributed by atoms with Gasteiger partial charge in [0.15, 0.2) is 0 Å². The molecule has 3 nitrogen and oxygen atoms in total. The van der Waals surface area contributed by atoms with Crippen LogP contribution in [0.4, 0.5) is 0 Å². The second kappa shape index (κ2) is 6.75. The summed E-state index contributed by atoms with van der Waals surface area (Å²) in [5.74, 6) is -0.909. The average molecular weight is 274 g/mol. The van der Waals surface area contributed by atoms with Crippen LogP contribution in [-0.2, 0) is 7.90 Å². The summed E-state index contributed by atoms with van der Waals surface area (Å²) in [4.78, 5) is 10.1. The maximum absolute atomic E-state index is 11.0. The second-order valence-corrected chi connectivity index (χ2v) is 6.89. The molecule has 0 aliphatic heterocycles. The Morgan fingerprint density at radius 3 is 2.55 bits per heavy atom. The molecule has 0 saturated heterocycles. The van der Waals surface area contributed by atoms with E-state index in [4.69, 9.17) is 5.11 Å².